The maximum Gasteiger partial charge on any atom is 0.128 e. The van der Waals surface area contributed by atoms with Crippen LogP contribution in [0.1, 0.15) is 6.92 Å². The molecule has 3 aromatic rings. The summed E-state index contributed by atoms with van der Waals surface area (Å²) >= 11 is 5.94. The van der Waals surface area contributed by atoms with E-state index in [2.05, 4.69) is 10.3 Å². The first-order valence-electron chi connectivity index (χ1n) is 6.89. The molecule has 0 saturated heterocycles. The van der Waals surface area contributed by atoms with Crippen molar-refractivity contribution < 1.29 is 4.74 Å². The third kappa shape index (κ3) is 2.76. The molecule has 6 heteroatoms. The molecule has 2 N–H and O–H groups in total. The highest BCUT2D eigenvalue weighted by atomic mass is 35.5. The molecule has 0 radical (unpaired) electrons. The lowest BCUT2D eigenvalue weighted by Gasteiger charge is -2.07. The van der Waals surface area contributed by atoms with E-state index in [9.17, 15) is 0 Å². The number of nitrogens with zero attached hydrogens (tertiary/aromatic N) is 3. The zero-order valence-corrected chi connectivity index (χ0v) is 12.8. The molecule has 0 aliphatic rings. The Bertz CT molecular complexity index is 800. The lowest BCUT2D eigenvalue weighted by molar-refractivity contribution is 0.341. The van der Waals surface area contributed by atoms with Crippen molar-refractivity contribution in [3.05, 3.63) is 53.7 Å². The number of ether oxygens (including phenoxy) is 1. The van der Waals surface area contributed by atoms with Crippen molar-refractivity contribution in [2.45, 2.75) is 6.92 Å². The molecule has 5 nitrogen and oxygen atoms in total. The fraction of sp³-hybridized carbons (Fsp3) is 0.125. The van der Waals surface area contributed by atoms with Crippen molar-refractivity contribution in [2.24, 2.45) is 0 Å². The molecule has 0 amide bonds. The van der Waals surface area contributed by atoms with Gasteiger partial charge in [0.25, 0.3) is 0 Å². The van der Waals surface area contributed by atoms with Gasteiger partial charge in [0.2, 0.25) is 0 Å². The van der Waals surface area contributed by atoms with Crippen LogP contribution in [0.25, 0.3) is 16.9 Å². The lowest BCUT2D eigenvalue weighted by atomic mass is 10.1. The highest BCUT2D eigenvalue weighted by Crippen LogP contribution is 2.29. The highest BCUT2D eigenvalue weighted by Gasteiger charge is 2.11. The predicted molar refractivity (Wildman–Crippen MR) is 87.4 cm³/mol. The van der Waals surface area contributed by atoms with Gasteiger partial charge in [0.1, 0.15) is 11.4 Å². The molecule has 0 spiro atoms. The molecule has 3 rings (SSSR count). The first kappa shape index (κ1) is 14.4. The quantitative estimate of drug-likeness (QED) is 0.748. The first-order chi connectivity index (χ1) is 10.7. The van der Waals surface area contributed by atoms with Crippen molar-refractivity contribution in [1.29, 1.82) is 0 Å². The van der Waals surface area contributed by atoms with Gasteiger partial charge in [0, 0.05) is 5.56 Å². The molecule has 0 bridgehead atoms. The molecule has 0 atom stereocenters. The smallest absolute Gasteiger partial charge is 0.128 e. The second-order valence-corrected chi connectivity index (χ2v) is 5.09. The fourth-order valence-corrected chi connectivity index (χ4v) is 2.26. The Labute approximate surface area is 133 Å². The number of aromatic nitrogens is 3. The molecule has 0 aliphatic carbocycles. The average molecular weight is 315 g/mol. The van der Waals surface area contributed by atoms with Crippen LogP contribution in [-0.4, -0.2) is 21.6 Å². The molecule has 0 aliphatic heterocycles. The SMILES string of the molecule is CCOc1ccccc1-c1cn(-c2ccc(Cl)c(N)c2)nn1. The number of anilines is 1. The van der Waals surface area contributed by atoms with Gasteiger partial charge in [-0.05, 0) is 37.3 Å². The van der Waals surface area contributed by atoms with Gasteiger partial charge in [-0.15, -0.1) is 5.10 Å². The van der Waals surface area contributed by atoms with Gasteiger partial charge in [-0.25, -0.2) is 4.68 Å². The largest absolute Gasteiger partial charge is 0.493 e. The third-order valence-corrected chi connectivity index (χ3v) is 3.54. The Morgan fingerprint density at radius 2 is 2.05 bits per heavy atom. The van der Waals surface area contributed by atoms with Crippen molar-refractivity contribution in [2.75, 3.05) is 12.3 Å². The van der Waals surface area contributed by atoms with E-state index >= 15 is 0 Å². The van der Waals surface area contributed by atoms with Gasteiger partial charge in [0.15, 0.2) is 0 Å². The van der Waals surface area contributed by atoms with Crippen molar-refractivity contribution in [1.82, 2.24) is 15.0 Å². The number of halogens is 1. The molecule has 22 heavy (non-hydrogen) atoms. The Kier molecular flexibility index (Phi) is 3.98. The fourth-order valence-electron chi connectivity index (χ4n) is 2.15. The third-order valence-electron chi connectivity index (χ3n) is 3.20. The van der Waals surface area contributed by atoms with Crippen LogP contribution in [0.5, 0.6) is 5.75 Å². The summed E-state index contributed by atoms with van der Waals surface area (Å²) in [7, 11) is 0. The normalized spacial score (nSPS) is 10.6. The molecule has 0 saturated carbocycles. The van der Waals surface area contributed by atoms with E-state index in [0.29, 0.717) is 17.3 Å². The van der Waals surface area contributed by atoms with E-state index in [4.69, 9.17) is 22.1 Å². The van der Waals surface area contributed by atoms with E-state index in [0.717, 1.165) is 22.7 Å². The monoisotopic (exact) mass is 314 g/mol. The van der Waals surface area contributed by atoms with E-state index in [1.54, 1.807) is 16.8 Å². The van der Waals surface area contributed by atoms with E-state index in [1.165, 1.54) is 0 Å². The summed E-state index contributed by atoms with van der Waals surface area (Å²) < 4.78 is 7.28. The molecule has 0 unspecified atom stereocenters. The maximum atomic E-state index is 5.94. The van der Waals surface area contributed by atoms with E-state index in [-0.39, 0.29) is 0 Å². The average Bonchev–Trinajstić information content (AvgIpc) is 3.01. The Morgan fingerprint density at radius 1 is 1.23 bits per heavy atom. The maximum absolute atomic E-state index is 5.94. The van der Waals surface area contributed by atoms with Gasteiger partial charge >= 0.3 is 0 Å². The summed E-state index contributed by atoms with van der Waals surface area (Å²) in [6, 6.07) is 13.1. The zero-order valence-electron chi connectivity index (χ0n) is 12.0. The van der Waals surface area contributed by atoms with Gasteiger partial charge < -0.3 is 10.5 Å². The van der Waals surface area contributed by atoms with Crippen LogP contribution in [0.4, 0.5) is 5.69 Å². The van der Waals surface area contributed by atoms with Crippen molar-refractivity contribution in [3.8, 4) is 22.7 Å². The molecule has 2 aromatic carbocycles. The van der Waals surface area contributed by atoms with Crippen LogP contribution in [0, 0.1) is 0 Å². The van der Waals surface area contributed by atoms with Gasteiger partial charge in [-0.2, -0.15) is 0 Å². The number of hydrogen-bond donors (Lipinski definition) is 1. The summed E-state index contributed by atoms with van der Waals surface area (Å²) in [4.78, 5) is 0. The minimum atomic E-state index is 0.505. The van der Waals surface area contributed by atoms with Gasteiger partial charge in [-0.3, -0.25) is 0 Å². The van der Waals surface area contributed by atoms with Crippen LogP contribution in [0.2, 0.25) is 5.02 Å². The number of para-hydroxylation sites is 1. The molecule has 1 aromatic heterocycles. The highest BCUT2D eigenvalue weighted by molar-refractivity contribution is 6.33. The Morgan fingerprint density at radius 3 is 2.82 bits per heavy atom. The Hall–Kier alpha value is -2.53. The zero-order chi connectivity index (χ0) is 15.5. The van der Waals surface area contributed by atoms with Gasteiger partial charge in [-0.1, -0.05) is 28.9 Å². The number of nitrogens with two attached hydrogens (primary N) is 1. The number of nitrogen functional groups attached to an aromatic ring is 1. The first-order valence-corrected chi connectivity index (χ1v) is 7.26. The second kappa shape index (κ2) is 6.07. The Balaban J connectivity index is 1.99. The van der Waals surface area contributed by atoms with Crippen molar-refractivity contribution in [3.63, 3.8) is 0 Å². The number of hydrogen-bond acceptors (Lipinski definition) is 4. The minimum absolute atomic E-state index is 0.505. The summed E-state index contributed by atoms with van der Waals surface area (Å²) in [6.45, 7) is 2.54. The standard InChI is InChI=1S/C16H15ClN4O/c1-2-22-16-6-4-3-5-12(16)15-10-21(20-19-15)11-7-8-13(17)14(18)9-11/h3-10H,2,18H2,1H3. The molecule has 112 valence electrons. The van der Waals surface area contributed by atoms with E-state index < -0.39 is 0 Å². The van der Waals surface area contributed by atoms with Gasteiger partial charge in [0.05, 0.1) is 29.2 Å². The second-order valence-electron chi connectivity index (χ2n) is 4.68. The van der Waals surface area contributed by atoms with E-state index in [1.807, 2.05) is 43.5 Å². The molecule has 1 heterocycles. The lowest BCUT2D eigenvalue weighted by Crippen LogP contribution is -1.96. The summed E-state index contributed by atoms with van der Waals surface area (Å²) in [5.41, 5.74) is 8.77. The summed E-state index contributed by atoms with van der Waals surface area (Å²) in [6.07, 6.45) is 1.83. The molecule has 0 fully saturated rings. The summed E-state index contributed by atoms with van der Waals surface area (Å²) in [5.74, 6) is 0.785. The van der Waals surface area contributed by atoms with Crippen LogP contribution < -0.4 is 10.5 Å². The minimum Gasteiger partial charge on any atom is -0.493 e. The number of benzene rings is 2. The van der Waals surface area contributed by atoms with Crippen LogP contribution in [-0.2, 0) is 0 Å². The van der Waals surface area contributed by atoms with Crippen LogP contribution >= 0.6 is 11.6 Å². The summed E-state index contributed by atoms with van der Waals surface area (Å²) in [5, 5.41) is 8.88. The molecular weight excluding hydrogens is 300 g/mol. The molecular formula is C16H15ClN4O. The van der Waals surface area contributed by atoms with Crippen LogP contribution in [0.3, 0.4) is 0 Å². The predicted octanol–water partition coefficient (Wildman–Crippen LogP) is 3.57. The van der Waals surface area contributed by atoms with Crippen molar-refractivity contribution >= 4 is 17.3 Å². The number of rotatable bonds is 4. The van der Waals surface area contributed by atoms with Crippen LogP contribution in [0.15, 0.2) is 48.7 Å². The topological polar surface area (TPSA) is 66.0 Å².